The van der Waals surface area contributed by atoms with Crippen molar-refractivity contribution in [2.24, 2.45) is 0 Å². The van der Waals surface area contributed by atoms with Gasteiger partial charge >= 0.3 is 0 Å². The van der Waals surface area contributed by atoms with Gasteiger partial charge in [-0.05, 0) is 6.92 Å². The molecule has 6 heteroatoms. The van der Waals surface area contributed by atoms with Crippen LogP contribution in [0.3, 0.4) is 0 Å². The fourth-order valence-electron chi connectivity index (χ4n) is 1.11. The number of hydrogen-bond donors (Lipinski definition) is 1. The van der Waals surface area contributed by atoms with E-state index in [0.717, 1.165) is 22.3 Å². The number of nitrogens with zero attached hydrogens (tertiary/aromatic N) is 3. The first-order chi connectivity index (χ1) is 7.28. The van der Waals surface area contributed by atoms with E-state index in [-0.39, 0.29) is 0 Å². The van der Waals surface area contributed by atoms with Crippen LogP contribution in [0.5, 0.6) is 0 Å². The van der Waals surface area contributed by atoms with Crippen LogP contribution in [-0.2, 0) is 13.0 Å². The lowest BCUT2D eigenvalue weighted by Crippen LogP contribution is -1.98. The van der Waals surface area contributed by atoms with Gasteiger partial charge in [0.25, 0.3) is 0 Å². The Morgan fingerprint density at radius 2 is 2.33 bits per heavy atom. The van der Waals surface area contributed by atoms with Crippen molar-refractivity contribution in [1.29, 1.82) is 0 Å². The third kappa shape index (κ3) is 2.53. The molecule has 0 saturated carbocycles. The zero-order valence-electron chi connectivity index (χ0n) is 8.65. The number of anilines is 1. The van der Waals surface area contributed by atoms with Crippen molar-refractivity contribution in [2.75, 3.05) is 5.32 Å². The maximum Gasteiger partial charge on any atom is 0.213 e. The fourth-order valence-corrected chi connectivity index (χ4v) is 1.70. The highest BCUT2D eigenvalue weighted by molar-refractivity contribution is 7.15. The molecule has 0 aliphatic rings. The molecule has 0 spiro atoms. The van der Waals surface area contributed by atoms with Crippen molar-refractivity contribution in [2.45, 2.75) is 26.8 Å². The van der Waals surface area contributed by atoms with E-state index < -0.39 is 0 Å². The first-order valence-electron chi connectivity index (χ1n) is 4.75. The Morgan fingerprint density at radius 3 is 2.93 bits per heavy atom. The van der Waals surface area contributed by atoms with Gasteiger partial charge in [-0.25, -0.2) is 4.98 Å². The van der Waals surface area contributed by atoms with Gasteiger partial charge in [0.05, 0.1) is 12.7 Å². The van der Waals surface area contributed by atoms with Gasteiger partial charge in [0, 0.05) is 6.42 Å². The minimum atomic E-state index is 0.550. The molecule has 0 amide bonds. The summed E-state index contributed by atoms with van der Waals surface area (Å²) in [6.45, 7) is 4.50. The highest BCUT2D eigenvalue weighted by atomic mass is 32.1. The molecule has 2 rings (SSSR count). The van der Waals surface area contributed by atoms with E-state index in [0.29, 0.717) is 12.4 Å². The van der Waals surface area contributed by atoms with Crippen LogP contribution >= 0.6 is 11.3 Å². The lowest BCUT2D eigenvalue weighted by molar-refractivity contribution is 0.465. The Balaban J connectivity index is 1.93. The van der Waals surface area contributed by atoms with Crippen LogP contribution in [0.15, 0.2) is 10.6 Å². The van der Waals surface area contributed by atoms with Crippen molar-refractivity contribution in [3.8, 4) is 0 Å². The molecule has 0 saturated heterocycles. The molecule has 0 fully saturated rings. The highest BCUT2D eigenvalue weighted by Crippen LogP contribution is 2.14. The molecule has 0 unspecified atom stereocenters. The molecular formula is C9H12N4OS. The van der Waals surface area contributed by atoms with E-state index in [2.05, 4.69) is 20.5 Å². The Morgan fingerprint density at radius 1 is 1.47 bits per heavy atom. The van der Waals surface area contributed by atoms with Gasteiger partial charge in [-0.15, -0.1) is 10.2 Å². The summed E-state index contributed by atoms with van der Waals surface area (Å²) < 4.78 is 5.44. The zero-order chi connectivity index (χ0) is 10.7. The Kier molecular flexibility index (Phi) is 2.96. The van der Waals surface area contributed by atoms with Crippen LogP contribution in [0, 0.1) is 6.92 Å². The summed E-state index contributed by atoms with van der Waals surface area (Å²) in [6.07, 6.45) is 2.62. The standard InChI is InChI=1S/C9H12N4OS/c1-3-7-4-10-8(14-7)5-11-9-13-12-6(2)15-9/h4H,3,5H2,1-2H3,(H,11,13). The summed E-state index contributed by atoms with van der Waals surface area (Å²) in [4.78, 5) is 4.14. The van der Waals surface area contributed by atoms with E-state index in [1.807, 2.05) is 13.8 Å². The number of nitrogens with one attached hydrogen (secondary N) is 1. The third-order valence-corrected chi connectivity index (χ3v) is 2.66. The minimum Gasteiger partial charge on any atom is -0.444 e. The van der Waals surface area contributed by atoms with E-state index >= 15 is 0 Å². The molecule has 5 nitrogen and oxygen atoms in total. The molecule has 80 valence electrons. The molecule has 0 aliphatic heterocycles. The van der Waals surface area contributed by atoms with Gasteiger partial charge in [-0.1, -0.05) is 18.3 Å². The second-order valence-corrected chi connectivity index (χ2v) is 4.24. The van der Waals surface area contributed by atoms with Gasteiger partial charge in [-0.3, -0.25) is 0 Å². The first-order valence-corrected chi connectivity index (χ1v) is 5.57. The van der Waals surface area contributed by atoms with Gasteiger partial charge < -0.3 is 9.73 Å². The third-order valence-electron chi connectivity index (χ3n) is 1.87. The number of rotatable bonds is 4. The molecule has 0 radical (unpaired) electrons. The highest BCUT2D eigenvalue weighted by Gasteiger charge is 2.04. The molecular weight excluding hydrogens is 212 g/mol. The average molecular weight is 224 g/mol. The lowest BCUT2D eigenvalue weighted by atomic mass is 10.4. The maximum atomic E-state index is 5.44. The quantitative estimate of drug-likeness (QED) is 0.860. The second kappa shape index (κ2) is 4.39. The predicted molar refractivity (Wildman–Crippen MR) is 57.9 cm³/mol. The van der Waals surface area contributed by atoms with Crippen LogP contribution in [0.1, 0.15) is 23.6 Å². The molecule has 2 aromatic rings. The lowest BCUT2D eigenvalue weighted by Gasteiger charge is -1.96. The molecule has 0 aromatic carbocycles. The average Bonchev–Trinajstić information content (AvgIpc) is 2.83. The maximum absolute atomic E-state index is 5.44. The Hall–Kier alpha value is -1.43. The summed E-state index contributed by atoms with van der Waals surface area (Å²) in [5, 5.41) is 12.7. The van der Waals surface area contributed by atoms with Gasteiger partial charge in [0.2, 0.25) is 11.0 Å². The van der Waals surface area contributed by atoms with Crippen LogP contribution in [0.2, 0.25) is 0 Å². The molecule has 15 heavy (non-hydrogen) atoms. The molecule has 1 N–H and O–H groups in total. The van der Waals surface area contributed by atoms with E-state index in [1.54, 1.807) is 6.20 Å². The largest absolute Gasteiger partial charge is 0.444 e. The monoisotopic (exact) mass is 224 g/mol. The Bertz CT molecular complexity index is 437. The first kappa shape index (κ1) is 10.1. The van der Waals surface area contributed by atoms with E-state index in [1.165, 1.54) is 11.3 Å². The second-order valence-electron chi connectivity index (χ2n) is 3.05. The van der Waals surface area contributed by atoms with Gasteiger partial charge in [0.1, 0.15) is 10.8 Å². The van der Waals surface area contributed by atoms with Crippen LogP contribution in [0.25, 0.3) is 0 Å². The number of hydrogen-bond acceptors (Lipinski definition) is 6. The summed E-state index contributed by atoms with van der Waals surface area (Å²) in [6, 6.07) is 0. The Labute approximate surface area is 91.6 Å². The molecule has 2 aromatic heterocycles. The van der Waals surface area contributed by atoms with Crippen molar-refractivity contribution in [3.63, 3.8) is 0 Å². The van der Waals surface area contributed by atoms with Gasteiger partial charge in [-0.2, -0.15) is 0 Å². The number of aromatic nitrogens is 3. The van der Waals surface area contributed by atoms with Crippen molar-refractivity contribution in [1.82, 2.24) is 15.2 Å². The van der Waals surface area contributed by atoms with Crippen molar-refractivity contribution < 1.29 is 4.42 Å². The molecule has 0 bridgehead atoms. The molecule has 0 aliphatic carbocycles. The number of oxazole rings is 1. The summed E-state index contributed by atoms with van der Waals surface area (Å²) >= 11 is 1.52. The van der Waals surface area contributed by atoms with Crippen LogP contribution < -0.4 is 5.32 Å². The summed E-state index contributed by atoms with van der Waals surface area (Å²) in [5.41, 5.74) is 0. The minimum absolute atomic E-state index is 0.550. The zero-order valence-corrected chi connectivity index (χ0v) is 9.47. The summed E-state index contributed by atoms with van der Waals surface area (Å²) in [5.74, 6) is 1.58. The van der Waals surface area contributed by atoms with E-state index in [4.69, 9.17) is 4.42 Å². The van der Waals surface area contributed by atoms with Crippen molar-refractivity contribution >= 4 is 16.5 Å². The normalized spacial score (nSPS) is 10.5. The number of aryl methyl sites for hydroxylation is 2. The van der Waals surface area contributed by atoms with Gasteiger partial charge in [0.15, 0.2) is 0 Å². The molecule has 0 atom stereocenters. The van der Waals surface area contributed by atoms with Crippen LogP contribution in [0.4, 0.5) is 5.13 Å². The predicted octanol–water partition coefficient (Wildman–Crippen LogP) is 2.01. The SMILES string of the molecule is CCc1cnc(CNc2nnc(C)s2)o1. The fraction of sp³-hybridized carbons (Fsp3) is 0.444. The van der Waals surface area contributed by atoms with Crippen LogP contribution in [-0.4, -0.2) is 15.2 Å². The smallest absolute Gasteiger partial charge is 0.213 e. The summed E-state index contributed by atoms with van der Waals surface area (Å²) in [7, 11) is 0. The van der Waals surface area contributed by atoms with E-state index in [9.17, 15) is 0 Å². The topological polar surface area (TPSA) is 63.8 Å². The molecule has 2 heterocycles. The van der Waals surface area contributed by atoms with Crippen molar-refractivity contribution in [3.05, 3.63) is 22.9 Å².